The zero-order chi connectivity index (χ0) is 12.4. The maximum absolute atomic E-state index is 11.8. The number of carbonyl (C=O) groups excluding carboxylic acids is 2. The summed E-state index contributed by atoms with van der Waals surface area (Å²) >= 11 is 0. The summed E-state index contributed by atoms with van der Waals surface area (Å²) in [6.45, 7) is 4.52. The molecule has 1 saturated heterocycles. The minimum atomic E-state index is -0.249. The molecule has 1 aliphatic heterocycles. The predicted octanol–water partition coefficient (Wildman–Crippen LogP) is 1.74. The maximum Gasteiger partial charge on any atom is 0.235 e. The van der Waals surface area contributed by atoms with Crippen LogP contribution in [0, 0.1) is 13.8 Å². The molecule has 17 heavy (non-hydrogen) atoms. The average molecular weight is 230 g/mol. The molecule has 0 aromatic heterocycles. The van der Waals surface area contributed by atoms with Gasteiger partial charge in [-0.25, -0.2) is 9.79 Å². The average Bonchev–Trinajstić information content (AvgIpc) is 2.64. The molecule has 4 nitrogen and oxygen atoms in total. The zero-order valence-electron chi connectivity index (χ0n) is 9.93. The molecule has 1 heterocycles. The largest absolute Gasteiger partial charge is 0.310 e. The second kappa shape index (κ2) is 4.52. The number of isocyanates is 1. The molecule has 1 aromatic carbocycles. The van der Waals surface area contributed by atoms with Crippen LogP contribution in [0.15, 0.2) is 23.2 Å². The Morgan fingerprint density at radius 3 is 2.76 bits per heavy atom. The summed E-state index contributed by atoms with van der Waals surface area (Å²) in [4.78, 5) is 27.3. The number of hydrogen-bond acceptors (Lipinski definition) is 3. The number of aliphatic imine (C=N–C) groups is 1. The summed E-state index contributed by atoms with van der Waals surface area (Å²) in [5.74, 6) is 0.0113. The summed E-state index contributed by atoms with van der Waals surface area (Å²) in [5.41, 5.74) is 3.22. The van der Waals surface area contributed by atoms with Gasteiger partial charge in [-0.05, 0) is 37.1 Å². The van der Waals surface area contributed by atoms with E-state index in [-0.39, 0.29) is 11.9 Å². The fraction of sp³-hybridized carbons (Fsp3) is 0.385. The summed E-state index contributed by atoms with van der Waals surface area (Å²) < 4.78 is 0. The number of amides is 1. The van der Waals surface area contributed by atoms with Gasteiger partial charge in [0.15, 0.2) is 0 Å². The minimum absolute atomic E-state index is 0.0113. The van der Waals surface area contributed by atoms with Crippen LogP contribution in [0.3, 0.4) is 0 Å². The lowest BCUT2D eigenvalue weighted by atomic mass is 10.1. The second-order valence-corrected chi connectivity index (χ2v) is 4.35. The zero-order valence-corrected chi connectivity index (χ0v) is 9.93. The number of rotatable bonds is 2. The second-order valence-electron chi connectivity index (χ2n) is 4.35. The Kier molecular flexibility index (Phi) is 3.07. The van der Waals surface area contributed by atoms with Crippen molar-refractivity contribution < 1.29 is 9.59 Å². The highest BCUT2D eigenvalue weighted by molar-refractivity contribution is 5.96. The minimum Gasteiger partial charge on any atom is -0.310 e. The fourth-order valence-corrected chi connectivity index (χ4v) is 1.99. The molecule has 1 atom stereocenters. The summed E-state index contributed by atoms with van der Waals surface area (Å²) in [6, 6.07) is 5.66. The summed E-state index contributed by atoms with van der Waals surface area (Å²) in [7, 11) is 0. The van der Waals surface area contributed by atoms with Crippen molar-refractivity contribution in [2.75, 3.05) is 11.4 Å². The molecule has 0 bridgehead atoms. The monoisotopic (exact) mass is 230 g/mol. The van der Waals surface area contributed by atoms with E-state index in [4.69, 9.17) is 0 Å². The molecule has 0 spiro atoms. The van der Waals surface area contributed by atoms with Crippen LogP contribution >= 0.6 is 0 Å². The fourth-order valence-electron chi connectivity index (χ4n) is 1.99. The number of hydrogen-bond donors (Lipinski definition) is 0. The van der Waals surface area contributed by atoms with Gasteiger partial charge in [-0.3, -0.25) is 4.79 Å². The van der Waals surface area contributed by atoms with E-state index in [9.17, 15) is 9.59 Å². The molecule has 1 fully saturated rings. The van der Waals surface area contributed by atoms with Crippen molar-refractivity contribution in [1.29, 1.82) is 0 Å². The Morgan fingerprint density at radius 2 is 2.12 bits per heavy atom. The van der Waals surface area contributed by atoms with E-state index in [0.29, 0.717) is 13.0 Å². The van der Waals surface area contributed by atoms with Crippen molar-refractivity contribution in [3.8, 4) is 0 Å². The van der Waals surface area contributed by atoms with E-state index in [1.54, 1.807) is 4.90 Å². The smallest absolute Gasteiger partial charge is 0.235 e. The van der Waals surface area contributed by atoms with Gasteiger partial charge in [-0.15, -0.1) is 0 Å². The van der Waals surface area contributed by atoms with Gasteiger partial charge in [0.25, 0.3) is 0 Å². The molecule has 1 aliphatic rings. The van der Waals surface area contributed by atoms with Crippen molar-refractivity contribution in [3.05, 3.63) is 29.3 Å². The van der Waals surface area contributed by atoms with Crippen molar-refractivity contribution in [2.24, 2.45) is 4.99 Å². The topological polar surface area (TPSA) is 49.7 Å². The molecular formula is C13H14N2O2. The van der Waals surface area contributed by atoms with Gasteiger partial charge in [0.05, 0.1) is 12.5 Å². The van der Waals surface area contributed by atoms with Crippen LogP contribution in [0.25, 0.3) is 0 Å². The molecular weight excluding hydrogens is 216 g/mol. The van der Waals surface area contributed by atoms with Gasteiger partial charge in [0, 0.05) is 12.2 Å². The van der Waals surface area contributed by atoms with Crippen LogP contribution in [0.5, 0.6) is 0 Å². The van der Waals surface area contributed by atoms with Crippen LogP contribution in [0.2, 0.25) is 0 Å². The molecule has 0 aliphatic carbocycles. The molecule has 88 valence electrons. The van der Waals surface area contributed by atoms with Gasteiger partial charge < -0.3 is 4.90 Å². The van der Waals surface area contributed by atoms with Crippen molar-refractivity contribution in [1.82, 2.24) is 0 Å². The van der Waals surface area contributed by atoms with Gasteiger partial charge in [-0.1, -0.05) is 6.07 Å². The third-order valence-corrected chi connectivity index (χ3v) is 3.14. The number of anilines is 1. The van der Waals surface area contributed by atoms with Crippen LogP contribution in [0.1, 0.15) is 17.5 Å². The molecule has 0 saturated carbocycles. The Hall–Kier alpha value is -1.93. The Labute approximate surface area is 100.0 Å². The number of aryl methyl sites for hydroxylation is 2. The van der Waals surface area contributed by atoms with Gasteiger partial charge >= 0.3 is 0 Å². The predicted molar refractivity (Wildman–Crippen MR) is 64.8 cm³/mol. The normalized spacial score (nSPS) is 19.3. The first-order valence-corrected chi connectivity index (χ1v) is 5.56. The first-order chi connectivity index (χ1) is 8.11. The molecule has 1 amide bonds. The van der Waals surface area contributed by atoms with Crippen molar-refractivity contribution >= 4 is 17.7 Å². The van der Waals surface area contributed by atoms with Crippen LogP contribution < -0.4 is 4.90 Å². The molecule has 0 unspecified atom stereocenters. The molecule has 0 N–H and O–H groups in total. The first-order valence-electron chi connectivity index (χ1n) is 5.56. The highest BCUT2D eigenvalue weighted by atomic mass is 16.2. The summed E-state index contributed by atoms with van der Waals surface area (Å²) in [5, 5.41) is 0. The Bertz CT molecular complexity index is 504. The number of carbonyl (C=O) groups is 1. The third kappa shape index (κ3) is 2.27. The van der Waals surface area contributed by atoms with Crippen molar-refractivity contribution in [3.63, 3.8) is 0 Å². The summed E-state index contributed by atoms with van der Waals surface area (Å²) in [6.07, 6.45) is 1.81. The first kappa shape index (κ1) is 11.6. The van der Waals surface area contributed by atoms with Gasteiger partial charge in [-0.2, -0.15) is 0 Å². The third-order valence-electron chi connectivity index (χ3n) is 3.14. The van der Waals surface area contributed by atoms with E-state index < -0.39 is 0 Å². The number of nitrogens with zero attached hydrogens (tertiary/aromatic N) is 2. The van der Waals surface area contributed by atoms with E-state index in [1.165, 1.54) is 11.6 Å². The standard InChI is InChI=1S/C13H14N2O2/c1-9-3-4-12(5-10(9)2)15-7-11(14-8-16)6-13(15)17/h3-5,11H,6-7H2,1-2H3/t11-/m1/s1. The Morgan fingerprint density at radius 1 is 1.35 bits per heavy atom. The van der Waals surface area contributed by atoms with E-state index in [1.807, 2.05) is 32.0 Å². The van der Waals surface area contributed by atoms with Crippen molar-refractivity contribution in [2.45, 2.75) is 26.3 Å². The lowest BCUT2D eigenvalue weighted by Crippen LogP contribution is -2.25. The van der Waals surface area contributed by atoms with E-state index >= 15 is 0 Å². The lowest BCUT2D eigenvalue weighted by molar-refractivity contribution is -0.117. The molecule has 2 rings (SSSR count). The van der Waals surface area contributed by atoms with Crippen LogP contribution in [-0.2, 0) is 9.59 Å². The van der Waals surface area contributed by atoms with Gasteiger partial charge in [0.1, 0.15) is 0 Å². The molecule has 4 heteroatoms. The van der Waals surface area contributed by atoms with E-state index in [2.05, 4.69) is 4.99 Å². The maximum atomic E-state index is 11.8. The number of benzene rings is 1. The van der Waals surface area contributed by atoms with Crippen LogP contribution in [-0.4, -0.2) is 24.6 Å². The highest BCUT2D eigenvalue weighted by Crippen LogP contribution is 2.24. The quantitative estimate of drug-likeness (QED) is 0.574. The van der Waals surface area contributed by atoms with Crippen LogP contribution in [0.4, 0.5) is 5.69 Å². The molecule has 0 radical (unpaired) electrons. The highest BCUT2D eigenvalue weighted by Gasteiger charge is 2.30. The van der Waals surface area contributed by atoms with E-state index in [0.717, 1.165) is 11.3 Å². The SMILES string of the molecule is Cc1ccc(N2C[C@H](N=C=O)CC2=O)cc1C. The molecule has 1 aromatic rings. The Balaban J connectivity index is 2.25. The lowest BCUT2D eigenvalue weighted by Gasteiger charge is -2.17. The van der Waals surface area contributed by atoms with Gasteiger partial charge in [0.2, 0.25) is 12.0 Å².